The molecule has 4 aromatic rings. The number of carbonyl (C=O) groups is 1. The van der Waals surface area contributed by atoms with Gasteiger partial charge in [0.2, 0.25) is 0 Å². The minimum absolute atomic E-state index is 0.177. The fourth-order valence-electron chi connectivity index (χ4n) is 4.62. The van der Waals surface area contributed by atoms with Crippen molar-refractivity contribution in [2.75, 3.05) is 11.9 Å². The van der Waals surface area contributed by atoms with E-state index in [9.17, 15) is 14.4 Å². The van der Waals surface area contributed by atoms with Crippen LogP contribution >= 0.6 is 0 Å². The van der Waals surface area contributed by atoms with Crippen molar-refractivity contribution in [3.8, 4) is 0 Å². The van der Waals surface area contributed by atoms with E-state index < -0.39 is 23.1 Å². The second kappa shape index (κ2) is 8.72. The second-order valence-electron chi connectivity index (χ2n) is 8.36. The Bertz CT molecular complexity index is 1620. The first-order valence-electron chi connectivity index (χ1n) is 11.3. The van der Waals surface area contributed by atoms with Crippen LogP contribution in [0.3, 0.4) is 0 Å². The van der Waals surface area contributed by atoms with Crippen molar-refractivity contribution < 1.29 is 9.53 Å². The number of aromatic nitrogens is 3. The van der Waals surface area contributed by atoms with Crippen LogP contribution in [0.2, 0.25) is 0 Å². The molecule has 1 aliphatic heterocycles. The van der Waals surface area contributed by atoms with Crippen LogP contribution in [0.25, 0.3) is 16.6 Å². The van der Waals surface area contributed by atoms with Gasteiger partial charge in [0.1, 0.15) is 5.82 Å². The van der Waals surface area contributed by atoms with E-state index in [1.54, 1.807) is 20.2 Å². The molecule has 0 spiro atoms. The maximum atomic E-state index is 13.5. The molecule has 0 aliphatic carbocycles. The van der Waals surface area contributed by atoms with E-state index in [1.165, 1.54) is 11.6 Å². The van der Waals surface area contributed by atoms with Gasteiger partial charge in [0.05, 0.1) is 34.9 Å². The normalized spacial score (nSPS) is 15.0. The van der Waals surface area contributed by atoms with E-state index in [-0.39, 0.29) is 6.61 Å². The molecule has 1 N–H and O–H groups in total. The second-order valence-corrected chi connectivity index (χ2v) is 8.36. The summed E-state index contributed by atoms with van der Waals surface area (Å²) in [5, 5.41) is 4.10. The Hall–Kier alpha value is -4.46. The lowest BCUT2D eigenvalue weighted by Gasteiger charge is -2.32. The van der Waals surface area contributed by atoms with Gasteiger partial charge in [0.15, 0.2) is 0 Å². The van der Waals surface area contributed by atoms with E-state index in [4.69, 9.17) is 4.74 Å². The Morgan fingerprint density at radius 1 is 1.03 bits per heavy atom. The van der Waals surface area contributed by atoms with Gasteiger partial charge in [-0.3, -0.25) is 18.9 Å². The molecular formula is C27H24N4O4. The van der Waals surface area contributed by atoms with Gasteiger partial charge in [-0.15, -0.1) is 0 Å². The quantitative estimate of drug-likeness (QED) is 0.463. The lowest BCUT2D eigenvalue weighted by atomic mass is 9.80. The van der Waals surface area contributed by atoms with E-state index in [0.717, 1.165) is 26.6 Å². The molecule has 0 fully saturated rings. The molecule has 1 atom stereocenters. The Balaban J connectivity index is 1.90. The highest BCUT2D eigenvalue weighted by Gasteiger charge is 2.39. The number of anilines is 1. The Morgan fingerprint density at radius 3 is 2.54 bits per heavy atom. The average molecular weight is 469 g/mol. The van der Waals surface area contributed by atoms with Gasteiger partial charge < -0.3 is 10.1 Å². The van der Waals surface area contributed by atoms with Gasteiger partial charge in [0, 0.05) is 25.7 Å². The van der Waals surface area contributed by atoms with Crippen LogP contribution in [0, 0.1) is 0 Å². The zero-order valence-corrected chi connectivity index (χ0v) is 19.6. The molecule has 0 radical (unpaired) electrons. The third kappa shape index (κ3) is 3.63. The zero-order valence-electron chi connectivity index (χ0n) is 19.6. The van der Waals surface area contributed by atoms with Crippen LogP contribution in [0.1, 0.15) is 29.5 Å². The standard InChI is InChI=1S/C27H24N4O4/c1-4-35-26(33)21-20(18-12-13-19-17(15-18)11-8-14-28-19)22-24(30(2)27(34)31(3)25(22)32)29-23(21)16-9-6-5-7-10-16/h5-15,20,29H,4H2,1-3H3. The molecule has 0 saturated heterocycles. The molecule has 1 unspecified atom stereocenters. The molecular weight excluding hydrogens is 444 g/mol. The van der Waals surface area contributed by atoms with Crippen LogP contribution in [0.5, 0.6) is 0 Å². The van der Waals surface area contributed by atoms with Gasteiger partial charge in [-0.2, -0.15) is 0 Å². The zero-order chi connectivity index (χ0) is 24.7. The minimum Gasteiger partial charge on any atom is -0.463 e. The lowest BCUT2D eigenvalue weighted by molar-refractivity contribution is -0.138. The summed E-state index contributed by atoms with van der Waals surface area (Å²) < 4.78 is 7.95. The summed E-state index contributed by atoms with van der Waals surface area (Å²) in [7, 11) is 3.04. The Labute approximate surface area is 201 Å². The number of fused-ring (bicyclic) bond motifs is 2. The number of hydrogen-bond donors (Lipinski definition) is 1. The number of benzene rings is 2. The molecule has 35 heavy (non-hydrogen) atoms. The number of esters is 1. The lowest BCUT2D eigenvalue weighted by Crippen LogP contribution is -2.43. The number of hydrogen-bond acceptors (Lipinski definition) is 6. The van der Waals surface area contributed by atoms with Crippen LogP contribution in [0.4, 0.5) is 5.82 Å². The van der Waals surface area contributed by atoms with Gasteiger partial charge in [-0.25, -0.2) is 9.59 Å². The fourth-order valence-corrected chi connectivity index (χ4v) is 4.62. The number of nitrogens with zero attached hydrogens (tertiary/aromatic N) is 3. The fraction of sp³-hybridized carbons (Fsp3) is 0.185. The average Bonchev–Trinajstić information content (AvgIpc) is 2.89. The molecule has 176 valence electrons. The molecule has 5 rings (SSSR count). The first kappa shape index (κ1) is 22.3. The van der Waals surface area contributed by atoms with Crippen LogP contribution in [-0.4, -0.2) is 26.7 Å². The monoisotopic (exact) mass is 468 g/mol. The SMILES string of the molecule is CCOC(=O)C1=C(c2ccccc2)Nc2c(c(=O)n(C)c(=O)n2C)C1c1ccc2ncccc2c1. The molecule has 0 saturated carbocycles. The molecule has 2 aromatic heterocycles. The highest BCUT2D eigenvalue weighted by Crippen LogP contribution is 2.43. The molecule has 1 aliphatic rings. The predicted molar refractivity (Wildman–Crippen MR) is 134 cm³/mol. The van der Waals surface area contributed by atoms with Gasteiger partial charge in [0.25, 0.3) is 5.56 Å². The van der Waals surface area contributed by atoms with E-state index in [2.05, 4.69) is 10.3 Å². The smallest absolute Gasteiger partial charge is 0.337 e. The number of ether oxygens (including phenoxy) is 1. The number of pyridine rings is 1. The van der Waals surface area contributed by atoms with Crippen LogP contribution in [-0.2, 0) is 23.6 Å². The summed E-state index contributed by atoms with van der Waals surface area (Å²) in [6.07, 6.45) is 1.71. The molecule has 2 aromatic carbocycles. The summed E-state index contributed by atoms with van der Waals surface area (Å²) in [6, 6.07) is 18.8. The van der Waals surface area contributed by atoms with Crippen molar-refractivity contribution in [3.63, 3.8) is 0 Å². The van der Waals surface area contributed by atoms with Crippen LogP contribution < -0.4 is 16.6 Å². The molecule has 0 amide bonds. The maximum absolute atomic E-state index is 13.5. The minimum atomic E-state index is -0.768. The van der Waals surface area contributed by atoms with Crippen molar-refractivity contribution in [2.24, 2.45) is 14.1 Å². The summed E-state index contributed by atoms with van der Waals surface area (Å²) in [4.78, 5) is 44.2. The van der Waals surface area contributed by atoms with Gasteiger partial charge in [-0.05, 0) is 36.2 Å². The molecule has 0 bridgehead atoms. The van der Waals surface area contributed by atoms with Crippen molar-refractivity contribution in [3.05, 3.63) is 110 Å². The Kier molecular flexibility index (Phi) is 5.56. The predicted octanol–water partition coefficient (Wildman–Crippen LogP) is 3.16. The Morgan fingerprint density at radius 2 is 1.80 bits per heavy atom. The first-order chi connectivity index (χ1) is 16.9. The molecule has 3 heterocycles. The van der Waals surface area contributed by atoms with Gasteiger partial charge in [-0.1, -0.05) is 42.5 Å². The van der Waals surface area contributed by atoms with Crippen molar-refractivity contribution in [1.82, 2.24) is 14.1 Å². The topological polar surface area (TPSA) is 95.2 Å². The third-order valence-electron chi connectivity index (χ3n) is 6.31. The highest BCUT2D eigenvalue weighted by molar-refractivity contribution is 6.04. The third-order valence-corrected chi connectivity index (χ3v) is 6.31. The maximum Gasteiger partial charge on any atom is 0.337 e. The van der Waals surface area contributed by atoms with Crippen molar-refractivity contribution >= 4 is 28.4 Å². The largest absolute Gasteiger partial charge is 0.463 e. The summed E-state index contributed by atoms with van der Waals surface area (Å²) in [5.41, 5.74) is 2.43. The number of rotatable bonds is 4. The highest BCUT2D eigenvalue weighted by atomic mass is 16.5. The van der Waals surface area contributed by atoms with Crippen molar-refractivity contribution in [1.29, 1.82) is 0 Å². The molecule has 8 nitrogen and oxygen atoms in total. The van der Waals surface area contributed by atoms with Crippen LogP contribution in [0.15, 0.2) is 82.0 Å². The summed E-state index contributed by atoms with van der Waals surface area (Å²) in [5.74, 6) is -0.950. The summed E-state index contributed by atoms with van der Waals surface area (Å²) in [6.45, 7) is 1.92. The molecule has 8 heteroatoms. The van der Waals surface area contributed by atoms with Gasteiger partial charge >= 0.3 is 11.7 Å². The first-order valence-corrected chi connectivity index (χ1v) is 11.3. The van der Waals surface area contributed by atoms with E-state index in [0.29, 0.717) is 22.7 Å². The van der Waals surface area contributed by atoms with E-state index in [1.807, 2.05) is 60.7 Å². The van der Waals surface area contributed by atoms with Crippen molar-refractivity contribution in [2.45, 2.75) is 12.8 Å². The van der Waals surface area contributed by atoms with E-state index >= 15 is 0 Å². The number of nitrogens with one attached hydrogen (secondary N) is 1. The number of carbonyl (C=O) groups excluding carboxylic acids is 1. The summed E-state index contributed by atoms with van der Waals surface area (Å²) >= 11 is 0.